The quantitative estimate of drug-likeness (QED) is 0.881. The summed E-state index contributed by atoms with van der Waals surface area (Å²) < 4.78 is 32.2. The maximum absolute atomic E-state index is 12.3. The number of carboxylic acids is 1. The largest absolute Gasteiger partial charge is 0.478 e. The molecule has 2 N–H and O–H groups in total. The number of hydrogen-bond donors (Lipinski definition) is 2. The van der Waals surface area contributed by atoms with Gasteiger partial charge in [-0.1, -0.05) is 6.07 Å². The van der Waals surface area contributed by atoms with Crippen molar-refractivity contribution in [2.75, 3.05) is 17.9 Å². The van der Waals surface area contributed by atoms with E-state index in [2.05, 4.69) is 4.72 Å². The predicted molar refractivity (Wildman–Crippen MR) is 74.5 cm³/mol. The lowest BCUT2D eigenvalue weighted by atomic mass is 10.1. The van der Waals surface area contributed by atoms with E-state index in [0.29, 0.717) is 37.3 Å². The molecular weight excluding hydrogens is 282 g/mol. The molecule has 1 fully saturated rings. The van der Waals surface area contributed by atoms with Crippen LogP contribution in [0, 0.1) is 6.92 Å². The molecule has 1 heterocycles. The molecule has 2 rings (SSSR count). The molecule has 1 aromatic carbocycles. The first-order valence-corrected chi connectivity index (χ1v) is 7.89. The zero-order valence-corrected chi connectivity index (χ0v) is 11.9. The van der Waals surface area contributed by atoms with Crippen molar-refractivity contribution < 1.29 is 23.1 Å². The van der Waals surface area contributed by atoms with E-state index >= 15 is 0 Å². The number of ether oxygens (including phenoxy) is 1. The molecule has 0 aliphatic carbocycles. The number of hydrogen-bond acceptors (Lipinski definition) is 4. The molecule has 0 amide bonds. The molecule has 1 saturated heterocycles. The summed E-state index contributed by atoms with van der Waals surface area (Å²) in [6.45, 7) is 2.45. The number of carboxylic acid groups (broad SMARTS) is 1. The highest BCUT2D eigenvalue weighted by Gasteiger charge is 2.28. The van der Waals surface area contributed by atoms with Gasteiger partial charge in [0.05, 0.1) is 16.5 Å². The van der Waals surface area contributed by atoms with Crippen molar-refractivity contribution in [1.29, 1.82) is 0 Å². The van der Waals surface area contributed by atoms with E-state index < -0.39 is 21.2 Å². The second kappa shape index (κ2) is 5.80. The minimum Gasteiger partial charge on any atom is -0.478 e. The topological polar surface area (TPSA) is 92.7 Å². The zero-order valence-electron chi connectivity index (χ0n) is 11.1. The fourth-order valence-corrected chi connectivity index (χ4v) is 3.71. The summed E-state index contributed by atoms with van der Waals surface area (Å²) >= 11 is 0. The molecule has 20 heavy (non-hydrogen) atoms. The van der Waals surface area contributed by atoms with Gasteiger partial charge in [0.25, 0.3) is 0 Å². The second-order valence-corrected chi connectivity index (χ2v) is 6.70. The average molecular weight is 299 g/mol. The smallest absolute Gasteiger partial charge is 0.336 e. The molecule has 7 heteroatoms. The first-order chi connectivity index (χ1) is 9.42. The van der Waals surface area contributed by atoms with Crippen molar-refractivity contribution in [1.82, 2.24) is 0 Å². The Morgan fingerprint density at radius 2 is 2.00 bits per heavy atom. The highest BCUT2D eigenvalue weighted by Crippen LogP contribution is 2.23. The molecule has 0 atom stereocenters. The number of nitrogens with one attached hydrogen (secondary N) is 1. The Hall–Kier alpha value is -1.60. The lowest BCUT2D eigenvalue weighted by Crippen LogP contribution is -2.33. The molecule has 1 aliphatic heterocycles. The Kier molecular flexibility index (Phi) is 4.29. The number of rotatable bonds is 4. The Morgan fingerprint density at radius 1 is 1.35 bits per heavy atom. The van der Waals surface area contributed by atoms with Crippen molar-refractivity contribution in [3.63, 3.8) is 0 Å². The summed E-state index contributed by atoms with van der Waals surface area (Å²) in [4.78, 5) is 11.0. The summed E-state index contributed by atoms with van der Waals surface area (Å²) in [6.07, 6.45) is 0.903. The molecule has 0 saturated carbocycles. The minimum absolute atomic E-state index is 0.0946. The second-order valence-electron chi connectivity index (χ2n) is 4.74. The van der Waals surface area contributed by atoms with Crippen molar-refractivity contribution >= 4 is 21.7 Å². The van der Waals surface area contributed by atoms with E-state index in [1.54, 1.807) is 13.0 Å². The number of anilines is 1. The van der Waals surface area contributed by atoms with Crippen LogP contribution in [0.3, 0.4) is 0 Å². The standard InChI is InChI=1S/C13H17NO5S/c1-9-11(13(15)16)3-2-4-12(9)14-20(17,18)10-5-7-19-8-6-10/h2-4,10,14H,5-8H2,1H3,(H,15,16). The van der Waals surface area contributed by atoms with Crippen LogP contribution < -0.4 is 4.72 Å². The molecule has 0 spiro atoms. The van der Waals surface area contributed by atoms with Gasteiger partial charge >= 0.3 is 5.97 Å². The van der Waals surface area contributed by atoms with E-state index in [9.17, 15) is 13.2 Å². The molecule has 1 aliphatic rings. The third-order valence-electron chi connectivity index (χ3n) is 3.42. The monoisotopic (exact) mass is 299 g/mol. The maximum Gasteiger partial charge on any atom is 0.336 e. The van der Waals surface area contributed by atoms with Gasteiger partial charge in [0.1, 0.15) is 0 Å². The van der Waals surface area contributed by atoms with Crippen molar-refractivity contribution in [3.8, 4) is 0 Å². The Labute approximate surface area is 117 Å². The Morgan fingerprint density at radius 3 is 2.60 bits per heavy atom. The van der Waals surface area contributed by atoms with Crippen LogP contribution >= 0.6 is 0 Å². The predicted octanol–water partition coefficient (Wildman–Crippen LogP) is 1.61. The van der Waals surface area contributed by atoms with Crippen LogP contribution in [0.2, 0.25) is 0 Å². The van der Waals surface area contributed by atoms with E-state index in [4.69, 9.17) is 9.84 Å². The van der Waals surface area contributed by atoms with Crippen molar-refractivity contribution in [2.45, 2.75) is 25.0 Å². The molecular formula is C13H17NO5S. The summed E-state index contributed by atoms with van der Waals surface area (Å²) in [6, 6.07) is 4.54. The first kappa shape index (κ1) is 14.8. The van der Waals surface area contributed by atoms with Crippen LogP contribution in [-0.2, 0) is 14.8 Å². The summed E-state index contributed by atoms with van der Waals surface area (Å²) in [5.41, 5.74) is 0.823. The van der Waals surface area contributed by atoms with Gasteiger partial charge in [-0.05, 0) is 37.5 Å². The van der Waals surface area contributed by atoms with Gasteiger partial charge in [0, 0.05) is 13.2 Å². The minimum atomic E-state index is -3.52. The van der Waals surface area contributed by atoms with Gasteiger partial charge in [0.15, 0.2) is 0 Å². The number of carbonyl (C=O) groups is 1. The van der Waals surface area contributed by atoms with Crippen LogP contribution in [-0.4, -0.2) is 38.0 Å². The van der Waals surface area contributed by atoms with Gasteiger partial charge in [-0.25, -0.2) is 13.2 Å². The SMILES string of the molecule is Cc1c(NS(=O)(=O)C2CCOCC2)cccc1C(=O)O. The summed E-state index contributed by atoms with van der Waals surface area (Å²) in [5, 5.41) is 8.55. The summed E-state index contributed by atoms with van der Waals surface area (Å²) in [7, 11) is -3.52. The fourth-order valence-electron chi connectivity index (χ4n) is 2.20. The molecule has 0 unspecified atom stereocenters. The Balaban J connectivity index is 2.25. The number of aromatic carboxylic acids is 1. The van der Waals surface area contributed by atoms with Gasteiger partial charge in [-0.15, -0.1) is 0 Å². The Bertz CT molecular complexity index is 605. The lowest BCUT2D eigenvalue weighted by Gasteiger charge is -2.23. The van der Waals surface area contributed by atoms with Gasteiger partial charge in [-0.2, -0.15) is 0 Å². The molecule has 0 aromatic heterocycles. The van der Waals surface area contributed by atoms with Crippen LogP contribution in [0.4, 0.5) is 5.69 Å². The van der Waals surface area contributed by atoms with Gasteiger partial charge < -0.3 is 9.84 Å². The first-order valence-electron chi connectivity index (χ1n) is 6.34. The van der Waals surface area contributed by atoms with Crippen LogP contribution in [0.5, 0.6) is 0 Å². The van der Waals surface area contributed by atoms with Crippen molar-refractivity contribution in [3.05, 3.63) is 29.3 Å². The van der Waals surface area contributed by atoms with E-state index in [1.165, 1.54) is 12.1 Å². The van der Waals surface area contributed by atoms with Crippen molar-refractivity contribution in [2.24, 2.45) is 0 Å². The average Bonchev–Trinajstić information content (AvgIpc) is 2.41. The van der Waals surface area contributed by atoms with E-state index in [1.807, 2.05) is 0 Å². The van der Waals surface area contributed by atoms with Crippen LogP contribution in [0.1, 0.15) is 28.8 Å². The highest BCUT2D eigenvalue weighted by molar-refractivity contribution is 7.93. The maximum atomic E-state index is 12.3. The van der Waals surface area contributed by atoms with Gasteiger partial charge in [0.2, 0.25) is 10.0 Å². The molecule has 110 valence electrons. The third kappa shape index (κ3) is 3.10. The van der Waals surface area contributed by atoms with Crippen LogP contribution in [0.25, 0.3) is 0 Å². The summed E-state index contributed by atoms with van der Waals surface area (Å²) in [5.74, 6) is -1.07. The number of benzene rings is 1. The molecule has 6 nitrogen and oxygen atoms in total. The van der Waals surface area contributed by atoms with E-state index in [0.717, 1.165) is 0 Å². The molecule has 1 aromatic rings. The zero-order chi connectivity index (χ0) is 14.8. The lowest BCUT2D eigenvalue weighted by molar-refractivity contribution is 0.0696. The fraction of sp³-hybridized carbons (Fsp3) is 0.462. The number of sulfonamides is 1. The molecule has 0 radical (unpaired) electrons. The third-order valence-corrected chi connectivity index (χ3v) is 5.28. The van der Waals surface area contributed by atoms with Gasteiger partial charge in [-0.3, -0.25) is 4.72 Å². The molecule has 0 bridgehead atoms. The van der Waals surface area contributed by atoms with E-state index in [-0.39, 0.29) is 5.56 Å². The van der Waals surface area contributed by atoms with Crippen LogP contribution in [0.15, 0.2) is 18.2 Å². The normalized spacial score (nSPS) is 16.9. The highest BCUT2D eigenvalue weighted by atomic mass is 32.2.